The Kier molecular flexibility index (Phi) is 6.44. The normalized spacial score (nSPS) is 11.9. The zero-order valence-electron chi connectivity index (χ0n) is 9.06. The predicted molar refractivity (Wildman–Crippen MR) is 54.6 cm³/mol. The highest BCUT2D eigenvalue weighted by Crippen LogP contribution is 1.91. The Hall–Kier alpha value is -1.30. The van der Waals surface area contributed by atoms with Gasteiger partial charge in [-0.2, -0.15) is 0 Å². The molecule has 88 valence electrons. The molecule has 0 fully saturated rings. The smallest absolute Gasteiger partial charge is 0.332 e. The average Bonchev–Trinajstić information content (AvgIpc) is 2.17. The number of hydrogen-bond acceptors (Lipinski definition) is 3. The molecule has 6 heteroatoms. The number of urea groups is 1. The molecular formula is C9H18N2O4. The lowest BCUT2D eigenvalue weighted by Gasteiger charge is -2.17. The minimum atomic E-state index is -1.42. The van der Waals surface area contributed by atoms with Crippen LogP contribution in [0.1, 0.15) is 19.8 Å². The maximum absolute atomic E-state index is 11.3. The van der Waals surface area contributed by atoms with Crippen LogP contribution in [-0.4, -0.2) is 53.4 Å². The molecule has 0 rings (SSSR count). The quantitative estimate of drug-likeness (QED) is 0.579. The number of aliphatic carboxylic acids is 1. The van der Waals surface area contributed by atoms with Crippen molar-refractivity contribution in [3.8, 4) is 0 Å². The van der Waals surface area contributed by atoms with Gasteiger partial charge in [0.25, 0.3) is 0 Å². The fourth-order valence-electron chi connectivity index (χ4n) is 1.01. The van der Waals surface area contributed by atoms with Crippen molar-refractivity contribution in [2.24, 2.45) is 0 Å². The van der Waals surface area contributed by atoms with Gasteiger partial charge in [-0.05, 0) is 6.42 Å². The van der Waals surface area contributed by atoms with E-state index in [-0.39, 0.29) is 19.0 Å². The fourth-order valence-corrected chi connectivity index (χ4v) is 1.01. The van der Waals surface area contributed by atoms with Crippen LogP contribution in [0.5, 0.6) is 0 Å². The van der Waals surface area contributed by atoms with E-state index >= 15 is 0 Å². The summed E-state index contributed by atoms with van der Waals surface area (Å²) in [6.07, 6.45) is -0.537. The van der Waals surface area contributed by atoms with Crippen molar-refractivity contribution in [3.63, 3.8) is 0 Å². The number of nitrogens with zero attached hydrogens (tertiary/aromatic N) is 1. The zero-order valence-corrected chi connectivity index (χ0v) is 9.06. The number of rotatable bonds is 6. The maximum atomic E-state index is 11.3. The van der Waals surface area contributed by atoms with Crippen LogP contribution >= 0.6 is 0 Å². The minimum Gasteiger partial charge on any atom is -0.479 e. The maximum Gasteiger partial charge on any atom is 0.332 e. The van der Waals surface area contributed by atoms with E-state index in [0.717, 1.165) is 6.42 Å². The summed E-state index contributed by atoms with van der Waals surface area (Å²) >= 11 is 0. The first kappa shape index (κ1) is 13.7. The average molecular weight is 218 g/mol. The van der Waals surface area contributed by atoms with Crippen LogP contribution < -0.4 is 5.32 Å². The van der Waals surface area contributed by atoms with Crippen LogP contribution in [0.3, 0.4) is 0 Å². The molecule has 2 amide bonds. The second kappa shape index (κ2) is 7.05. The van der Waals surface area contributed by atoms with Crippen LogP contribution in [0.4, 0.5) is 4.79 Å². The molecule has 6 nitrogen and oxygen atoms in total. The van der Waals surface area contributed by atoms with Crippen LogP contribution in [0.25, 0.3) is 0 Å². The minimum absolute atomic E-state index is 0.0149. The lowest BCUT2D eigenvalue weighted by Crippen LogP contribution is -2.39. The van der Waals surface area contributed by atoms with Crippen molar-refractivity contribution in [1.82, 2.24) is 10.2 Å². The summed E-state index contributed by atoms with van der Waals surface area (Å²) in [6.45, 7) is 2.76. The van der Waals surface area contributed by atoms with Gasteiger partial charge >= 0.3 is 12.0 Å². The van der Waals surface area contributed by atoms with E-state index in [1.165, 1.54) is 4.90 Å². The van der Waals surface area contributed by atoms with E-state index < -0.39 is 12.1 Å². The summed E-state index contributed by atoms with van der Waals surface area (Å²) in [5, 5.41) is 19.8. The van der Waals surface area contributed by atoms with E-state index in [0.29, 0.717) is 6.54 Å². The van der Waals surface area contributed by atoms with Gasteiger partial charge in [-0.15, -0.1) is 0 Å². The fraction of sp³-hybridized carbons (Fsp3) is 0.778. The Morgan fingerprint density at radius 3 is 2.53 bits per heavy atom. The lowest BCUT2D eigenvalue weighted by atomic mass is 10.2. The number of nitrogens with one attached hydrogen (secondary N) is 1. The molecule has 0 aliphatic rings. The second-order valence-electron chi connectivity index (χ2n) is 3.30. The molecule has 0 aromatic carbocycles. The monoisotopic (exact) mass is 218 g/mol. The summed E-state index contributed by atoms with van der Waals surface area (Å²) in [7, 11) is 1.66. The molecule has 1 unspecified atom stereocenters. The summed E-state index contributed by atoms with van der Waals surface area (Å²) in [4.78, 5) is 23.0. The van der Waals surface area contributed by atoms with E-state index in [9.17, 15) is 9.59 Å². The Bertz CT molecular complexity index is 220. The van der Waals surface area contributed by atoms with Crippen molar-refractivity contribution in [2.45, 2.75) is 25.9 Å². The highest BCUT2D eigenvalue weighted by molar-refractivity contribution is 5.74. The number of carbonyl (C=O) groups excluding carboxylic acids is 1. The van der Waals surface area contributed by atoms with E-state index in [2.05, 4.69) is 5.32 Å². The van der Waals surface area contributed by atoms with Gasteiger partial charge < -0.3 is 20.4 Å². The number of amides is 2. The van der Waals surface area contributed by atoms with Crippen molar-refractivity contribution in [1.29, 1.82) is 0 Å². The van der Waals surface area contributed by atoms with Crippen LogP contribution in [0.2, 0.25) is 0 Å². The SMILES string of the molecule is CCCN(C)C(=O)NCCC(O)C(=O)O. The van der Waals surface area contributed by atoms with E-state index in [1.807, 2.05) is 6.92 Å². The first-order valence-electron chi connectivity index (χ1n) is 4.88. The standard InChI is InChI=1S/C9H18N2O4/c1-3-6-11(2)9(15)10-5-4-7(12)8(13)14/h7,12H,3-6H2,1-2H3,(H,10,15)(H,13,14). The van der Waals surface area contributed by atoms with E-state index in [1.54, 1.807) is 7.05 Å². The second-order valence-corrected chi connectivity index (χ2v) is 3.30. The van der Waals surface area contributed by atoms with Gasteiger partial charge in [0.15, 0.2) is 6.10 Å². The van der Waals surface area contributed by atoms with Crippen molar-refractivity contribution < 1.29 is 19.8 Å². The molecule has 3 N–H and O–H groups in total. The molecule has 0 saturated heterocycles. The van der Waals surface area contributed by atoms with Crippen LogP contribution in [0.15, 0.2) is 0 Å². The van der Waals surface area contributed by atoms with Gasteiger partial charge in [-0.25, -0.2) is 9.59 Å². The Morgan fingerprint density at radius 1 is 1.47 bits per heavy atom. The molecular weight excluding hydrogens is 200 g/mol. The summed E-state index contributed by atoms with van der Waals surface area (Å²) in [5.41, 5.74) is 0. The molecule has 15 heavy (non-hydrogen) atoms. The van der Waals surface area contributed by atoms with Gasteiger partial charge in [0, 0.05) is 26.6 Å². The Morgan fingerprint density at radius 2 is 2.07 bits per heavy atom. The van der Waals surface area contributed by atoms with Crippen molar-refractivity contribution in [2.75, 3.05) is 20.1 Å². The number of aliphatic hydroxyl groups excluding tert-OH is 1. The summed E-state index contributed by atoms with van der Waals surface area (Å²) in [6, 6.07) is -0.255. The number of hydrogen-bond donors (Lipinski definition) is 3. The molecule has 1 atom stereocenters. The Balaban J connectivity index is 3.67. The highest BCUT2D eigenvalue weighted by Gasteiger charge is 2.13. The van der Waals surface area contributed by atoms with Gasteiger partial charge in [-0.3, -0.25) is 0 Å². The molecule has 0 heterocycles. The number of aliphatic hydroxyl groups is 1. The molecule has 0 bridgehead atoms. The highest BCUT2D eigenvalue weighted by atomic mass is 16.4. The molecule has 0 aromatic rings. The largest absolute Gasteiger partial charge is 0.479 e. The van der Waals surface area contributed by atoms with Crippen LogP contribution in [0, 0.1) is 0 Å². The summed E-state index contributed by atoms with van der Waals surface area (Å²) in [5.74, 6) is -1.27. The van der Waals surface area contributed by atoms with Gasteiger partial charge in [0.05, 0.1) is 0 Å². The third-order valence-corrected chi connectivity index (χ3v) is 1.88. The number of carbonyl (C=O) groups is 2. The molecule has 0 aromatic heterocycles. The molecule has 0 saturated carbocycles. The lowest BCUT2D eigenvalue weighted by molar-refractivity contribution is -0.146. The van der Waals surface area contributed by atoms with Gasteiger partial charge in [0.2, 0.25) is 0 Å². The first-order chi connectivity index (χ1) is 6.99. The Labute approximate surface area is 88.9 Å². The number of carboxylic acids is 1. The third-order valence-electron chi connectivity index (χ3n) is 1.88. The van der Waals surface area contributed by atoms with Gasteiger partial charge in [-0.1, -0.05) is 6.92 Å². The van der Waals surface area contributed by atoms with E-state index in [4.69, 9.17) is 10.2 Å². The van der Waals surface area contributed by atoms with Crippen molar-refractivity contribution >= 4 is 12.0 Å². The first-order valence-corrected chi connectivity index (χ1v) is 4.88. The predicted octanol–water partition coefficient (Wildman–Crippen LogP) is -0.127. The number of carboxylic acid groups (broad SMARTS) is 1. The molecule has 0 radical (unpaired) electrons. The third kappa shape index (κ3) is 5.90. The van der Waals surface area contributed by atoms with Gasteiger partial charge in [0.1, 0.15) is 0 Å². The molecule has 0 aliphatic heterocycles. The summed E-state index contributed by atoms with van der Waals surface area (Å²) < 4.78 is 0. The van der Waals surface area contributed by atoms with Crippen molar-refractivity contribution in [3.05, 3.63) is 0 Å². The molecule has 0 spiro atoms. The molecule has 0 aliphatic carbocycles. The topological polar surface area (TPSA) is 89.9 Å². The van der Waals surface area contributed by atoms with Crippen LogP contribution in [-0.2, 0) is 4.79 Å². The zero-order chi connectivity index (χ0) is 11.8.